The fourth-order valence-electron chi connectivity index (χ4n) is 1.47. The van der Waals surface area contributed by atoms with Crippen LogP contribution < -0.4 is 0 Å². The summed E-state index contributed by atoms with van der Waals surface area (Å²) in [4.78, 5) is 2.22. The van der Waals surface area contributed by atoms with Crippen LogP contribution in [0, 0.1) is 5.92 Å². The zero-order valence-electron chi connectivity index (χ0n) is 8.83. The van der Waals surface area contributed by atoms with Gasteiger partial charge in [0.2, 0.25) is 0 Å². The van der Waals surface area contributed by atoms with Gasteiger partial charge in [-0.3, -0.25) is 4.21 Å². The third-order valence-electron chi connectivity index (χ3n) is 2.13. The fraction of sp³-hybridized carbons (Fsp3) is 1.00. The van der Waals surface area contributed by atoms with Crippen LogP contribution in [-0.2, 0) is 10.8 Å². The molecule has 0 aliphatic rings. The minimum atomic E-state index is -0.646. The summed E-state index contributed by atoms with van der Waals surface area (Å²) >= 11 is 0. The van der Waals surface area contributed by atoms with Crippen molar-refractivity contribution in [2.45, 2.75) is 26.3 Å². The van der Waals surface area contributed by atoms with Crippen molar-refractivity contribution < 1.29 is 4.21 Å². The van der Waals surface area contributed by atoms with E-state index in [4.69, 9.17) is 0 Å². The van der Waals surface area contributed by atoms with Crippen LogP contribution in [0.25, 0.3) is 0 Å². The van der Waals surface area contributed by atoms with Crippen LogP contribution in [0.2, 0.25) is 0 Å². The van der Waals surface area contributed by atoms with E-state index in [1.54, 1.807) is 6.26 Å². The Labute approximate surface area is 78.8 Å². The molecule has 2 unspecified atom stereocenters. The van der Waals surface area contributed by atoms with E-state index in [1.165, 1.54) is 0 Å². The molecule has 0 saturated heterocycles. The molecule has 0 spiro atoms. The van der Waals surface area contributed by atoms with Gasteiger partial charge in [0.25, 0.3) is 0 Å². The molecule has 0 aliphatic heterocycles. The highest BCUT2D eigenvalue weighted by molar-refractivity contribution is 7.84. The van der Waals surface area contributed by atoms with Crippen molar-refractivity contribution in [2.24, 2.45) is 5.92 Å². The summed E-state index contributed by atoms with van der Waals surface area (Å²) in [6.45, 7) is 4.42. The van der Waals surface area contributed by atoms with Crippen LogP contribution in [0.1, 0.15) is 20.3 Å². The maximum absolute atomic E-state index is 10.9. The Kier molecular flexibility index (Phi) is 5.76. The first-order chi connectivity index (χ1) is 5.45. The Balaban J connectivity index is 3.88. The number of hydrogen-bond donors (Lipinski definition) is 0. The summed E-state index contributed by atoms with van der Waals surface area (Å²) in [5.74, 6) is 1.46. The minimum absolute atomic E-state index is 0.564. The van der Waals surface area contributed by atoms with Gasteiger partial charge in [-0.25, -0.2) is 0 Å². The lowest BCUT2D eigenvalue weighted by atomic mass is 10.0. The lowest BCUT2D eigenvalue weighted by Crippen LogP contribution is -2.33. The van der Waals surface area contributed by atoms with Crippen LogP contribution in [0.15, 0.2) is 0 Å². The Hall–Kier alpha value is 0.110. The van der Waals surface area contributed by atoms with E-state index in [0.717, 1.165) is 12.2 Å². The van der Waals surface area contributed by atoms with Gasteiger partial charge in [-0.2, -0.15) is 0 Å². The van der Waals surface area contributed by atoms with Crippen LogP contribution in [-0.4, -0.2) is 41.3 Å². The molecule has 0 amide bonds. The molecule has 0 bridgehead atoms. The molecular weight excluding hydrogens is 170 g/mol. The van der Waals surface area contributed by atoms with Gasteiger partial charge >= 0.3 is 0 Å². The van der Waals surface area contributed by atoms with E-state index in [0.29, 0.717) is 12.0 Å². The smallest absolute Gasteiger partial charge is 0.0247 e. The Morgan fingerprint density at radius 2 is 1.83 bits per heavy atom. The minimum Gasteiger partial charge on any atom is -0.306 e. The first kappa shape index (κ1) is 12.1. The lowest BCUT2D eigenvalue weighted by molar-refractivity contribution is 0.226. The molecular formula is C9H21NOS. The largest absolute Gasteiger partial charge is 0.306 e. The third-order valence-corrected chi connectivity index (χ3v) is 2.94. The summed E-state index contributed by atoms with van der Waals surface area (Å²) in [5.41, 5.74) is 0. The highest BCUT2D eigenvalue weighted by atomic mass is 32.2. The van der Waals surface area contributed by atoms with Crippen molar-refractivity contribution in [2.75, 3.05) is 26.1 Å². The summed E-state index contributed by atoms with van der Waals surface area (Å²) in [5, 5.41) is 0. The van der Waals surface area contributed by atoms with Gasteiger partial charge in [-0.1, -0.05) is 13.8 Å². The second-order valence-corrected chi connectivity index (χ2v) is 5.40. The molecule has 0 radical (unpaired) electrons. The average Bonchev–Trinajstić information content (AvgIpc) is 1.84. The zero-order valence-corrected chi connectivity index (χ0v) is 9.65. The summed E-state index contributed by atoms with van der Waals surface area (Å²) < 4.78 is 10.9. The van der Waals surface area contributed by atoms with E-state index >= 15 is 0 Å². The second-order valence-electron chi connectivity index (χ2n) is 3.84. The molecule has 74 valence electrons. The standard InChI is InChI=1S/C9H21NOS/c1-8(2)9(10(3)4)6-7-12(5)11/h8-9H,6-7H2,1-5H3. The summed E-state index contributed by atoms with van der Waals surface area (Å²) in [6, 6.07) is 0.564. The fourth-order valence-corrected chi connectivity index (χ4v) is 2.05. The van der Waals surface area contributed by atoms with Gasteiger partial charge in [-0.15, -0.1) is 0 Å². The van der Waals surface area contributed by atoms with E-state index in [-0.39, 0.29) is 0 Å². The first-order valence-corrected chi connectivity index (χ1v) is 6.14. The molecule has 0 saturated carbocycles. The Morgan fingerprint density at radius 1 is 1.33 bits per heavy atom. The van der Waals surface area contributed by atoms with Crippen LogP contribution in [0.5, 0.6) is 0 Å². The van der Waals surface area contributed by atoms with Gasteiger partial charge < -0.3 is 4.90 Å². The molecule has 0 heterocycles. The van der Waals surface area contributed by atoms with Crippen molar-refractivity contribution in [3.05, 3.63) is 0 Å². The van der Waals surface area contributed by atoms with Gasteiger partial charge in [0.15, 0.2) is 0 Å². The molecule has 0 N–H and O–H groups in total. The zero-order chi connectivity index (χ0) is 9.72. The third kappa shape index (κ3) is 4.88. The summed E-state index contributed by atoms with van der Waals surface area (Å²) in [7, 11) is 3.53. The summed E-state index contributed by atoms with van der Waals surface area (Å²) in [6.07, 6.45) is 2.81. The molecule has 2 nitrogen and oxygen atoms in total. The highest BCUT2D eigenvalue weighted by Crippen LogP contribution is 2.11. The number of hydrogen-bond acceptors (Lipinski definition) is 2. The molecule has 0 aromatic rings. The lowest BCUT2D eigenvalue weighted by Gasteiger charge is -2.27. The van der Waals surface area contributed by atoms with Crippen molar-refractivity contribution in [3.8, 4) is 0 Å². The molecule has 2 atom stereocenters. The molecule has 0 aromatic carbocycles. The van der Waals surface area contributed by atoms with Gasteiger partial charge in [0.05, 0.1) is 0 Å². The topological polar surface area (TPSA) is 20.3 Å². The highest BCUT2D eigenvalue weighted by Gasteiger charge is 2.15. The molecule has 12 heavy (non-hydrogen) atoms. The van der Waals surface area contributed by atoms with E-state index in [1.807, 2.05) is 0 Å². The second kappa shape index (κ2) is 5.70. The molecule has 0 fully saturated rings. The Bertz CT molecular complexity index is 137. The molecule has 3 heteroatoms. The van der Waals surface area contributed by atoms with Gasteiger partial charge in [0.1, 0.15) is 0 Å². The van der Waals surface area contributed by atoms with E-state index < -0.39 is 10.8 Å². The van der Waals surface area contributed by atoms with Crippen molar-refractivity contribution >= 4 is 10.8 Å². The average molecular weight is 191 g/mol. The van der Waals surface area contributed by atoms with Crippen LogP contribution >= 0.6 is 0 Å². The normalized spacial score (nSPS) is 16.9. The molecule has 0 rings (SSSR count). The van der Waals surface area contributed by atoms with Crippen LogP contribution in [0.3, 0.4) is 0 Å². The van der Waals surface area contributed by atoms with Gasteiger partial charge in [-0.05, 0) is 26.4 Å². The van der Waals surface area contributed by atoms with Crippen molar-refractivity contribution in [1.29, 1.82) is 0 Å². The predicted octanol–water partition coefficient (Wildman–Crippen LogP) is 1.34. The number of nitrogens with zero attached hydrogens (tertiary/aromatic N) is 1. The van der Waals surface area contributed by atoms with Crippen LogP contribution in [0.4, 0.5) is 0 Å². The molecule has 0 aromatic heterocycles. The van der Waals surface area contributed by atoms with E-state index in [2.05, 4.69) is 32.8 Å². The Morgan fingerprint density at radius 3 is 2.08 bits per heavy atom. The van der Waals surface area contributed by atoms with Gasteiger partial charge in [0, 0.05) is 28.9 Å². The maximum atomic E-state index is 10.9. The molecule has 0 aliphatic carbocycles. The number of rotatable bonds is 5. The maximum Gasteiger partial charge on any atom is 0.0247 e. The predicted molar refractivity (Wildman–Crippen MR) is 55.9 cm³/mol. The SMILES string of the molecule is CC(C)C(CCS(C)=O)N(C)C. The quantitative estimate of drug-likeness (QED) is 0.653. The monoisotopic (exact) mass is 191 g/mol. The van der Waals surface area contributed by atoms with Crippen molar-refractivity contribution in [1.82, 2.24) is 4.90 Å². The first-order valence-electron chi connectivity index (χ1n) is 4.41. The van der Waals surface area contributed by atoms with E-state index in [9.17, 15) is 4.21 Å². The van der Waals surface area contributed by atoms with Crippen molar-refractivity contribution in [3.63, 3.8) is 0 Å².